The van der Waals surface area contributed by atoms with Crippen LogP contribution in [0.15, 0.2) is 53.7 Å². The predicted molar refractivity (Wildman–Crippen MR) is 119 cm³/mol. The van der Waals surface area contributed by atoms with E-state index in [0.717, 1.165) is 40.1 Å². The summed E-state index contributed by atoms with van der Waals surface area (Å²) in [5.74, 6) is -1.04. The molecule has 3 heterocycles. The van der Waals surface area contributed by atoms with Gasteiger partial charge in [-0.3, -0.25) is 4.98 Å². The average molecular weight is 441 g/mol. The number of thioether (sulfide) groups is 1. The quantitative estimate of drug-likeness (QED) is 0.350. The molecule has 5 rings (SSSR count). The number of anilines is 2. The Morgan fingerprint density at radius 1 is 1.03 bits per heavy atom. The summed E-state index contributed by atoms with van der Waals surface area (Å²) in [5, 5.41) is 4.49. The fourth-order valence-electron chi connectivity index (χ4n) is 3.73. The van der Waals surface area contributed by atoms with Gasteiger partial charge < -0.3 is 5.32 Å². The Morgan fingerprint density at radius 3 is 2.63 bits per heavy atom. The van der Waals surface area contributed by atoms with Gasteiger partial charge in [0.25, 0.3) is 5.76 Å². The summed E-state index contributed by atoms with van der Waals surface area (Å²) < 4.78 is 25.2. The number of nitrogens with one attached hydrogen (secondary N) is 1. The van der Waals surface area contributed by atoms with Crippen molar-refractivity contribution in [1.29, 1.82) is 0 Å². The molecule has 0 amide bonds. The molecule has 0 radical (unpaired) electrons. The highest BCUT2D eigenvalue weighted by Gasteiger charge is 2.21. The minimum Gasteiger partial charge on any atom is -0.340 e. The highest BCUT2D eigenvalue weighted by Crippen LogP contribution is 2.40. The molecule has 0 saturated carbocycles. The molecule has 4 nitrogen and oxygen atoms in total. The lowest BCUT2D eigenvalue weighted by molar-refractivity contribution is 0.252. The second-order valence-electron chi connectivity index (χ2n) is 7.06. The van der Waals surface area contributed by atoms with Crippen LogP contribution >= 0.6 is 23.1 Å². The molecule has 8 heteroatoms. The number of hydrogen-bond donors (Lipinski definition) is 1. The van der Waals surface area contributed by atoms with Crippen molar-refractivity contribution in [2.45, 2.75) is 36.3 Å². The average Bonchev–Trinajstić information content (AvgIpc) is 3.14. The number of halogens is 2. The standard InChI is InChI=1S/C22H18F2N4S2/c23-22(24)29-15-9-7-14(8-10-15)26-20-18-16-5-1-2-6-17(16)30-21(18)28-19(27-20)13-4-3-11-25-12-13/h3-4,7-12,22H,1-2,5-6H2,(H,26,27,28). The first-order valence-corrected chi connectivity index (χ1v) is 11.4. The molecule has 0 unspecified atom stereocenters. The largest absolute Gasteiger partial charge is 0.340 e. The van der Waals surface area contributed by atoms with Crippen molar-refractivity contribution in [1.82, 2.24) is 15.0 Å². The summed E-state index contributed by atoms with van der Waals surface area (Å²) in [6.07, 6.45) is 7.97. The van der Waals surface area contributed by atoms with Crippen molar-refractivity contribution in [3.05, 3.63) is 59.2 Å². The smallest absolute Gasteiger partial charge is 0.288 e. The Morgan fingerprint density at radius 2 is 1.87 bits per heavy atom. The van der Waals surface area contributed by atoms with Crippen molar-refractivity contribution in [3.63, 3.8) is 0 Å². The lowest BCUT2D eigenvalue weighted by Gasteiger charge is -2.13. The predicted octanol–water partition coefficient (Wildman–Crippen LogP) is 6.69. The molecule has 30 heavy (non-hydrogen) atoms. The molecular weight excluding hydrogens is 422 g/mol. The maximum Gasteiger partial charge on any atom is 0.288 e. The molecule has 0 atom stereocenters. The monoisotopic (exact) mass is 440 g/mol. The summed E-state index contributed by atoms with van der Waals surface area (Å²) in [7, 11) is 0. The maximum absolute atomic E-state index is 12.6. The van der Waals surface area contributed by atoms with Crippen LogP contribution in [-0.4, -0.2) is 20.7 Å². The van der Waals surface area contributed by atoms with Gasteiger partial charge in [0.1, 0.15) is 10.6 Å². The third-order valence-corrected chi connectivity index (χ3v) is 6.98. The van der Waals surface area contributed by atoms with Crippen molar-refractivity contribution < 1.29 is 8.78 Å². The number of hydrogen-bond acceptors (Lipinski definition) is 6. The molecule has 0 saturated heterocycles. The second kappa shape index (κ2) is 8.28. The molecule has 0 aliphatic heterocycles. The van der Waals surface area contributed by atoms with Crippen LogP contribution < -0.4 is 5.32 Å². The Labute approximate surface area is 180 Å². The van der Waals surface area contributed by atoms with Crippen molar-refractivity contribution in [3.8, 4) is 11.4 Å². The molecule has 3 aromatic heterocycles. The van der Waals surface area contributed by atoms with Gasteiger partial charge in [0.05, 0.1) is 5.39 Å². The van der Waals surface area contributed by atoms with Gasteiger partial charge in [-0.2, -0.15) is 8.78 Å². The van der Waals surface area contributed by atoms with Gasteiger partial charge in [0.2, 0.25) is 0 Å². The lowest BCUT2D eigenvalue weighted by atomic mass is 9.97. The van der Waals surface area contributed by atoms with Crippen molar-refractivity contribution in [2.75, 3.05) is 5.32 Å². The van der Waals surface area contributed by atoms with Crippen LogP contribution in [0.5, 0.6) is 0 Å². The zero-order valence-corrected chi connectivity index (χ0v) is 17.6. The second-order valence-corrected chi connectivity index (χ2v) is 9.20. The molecule has 1 aromatic carbocycles. The maximum atomic E-state index is 12.6. The van der Waals surface area contributed by atoms with Crippen molar-refractivity contribution >= 4 is 44.8 Å². The molecule has 1 aliphatic carbocycles. The fourth-order valence-corrected chi connectivity index (χ4v) is 5.49. The van der Waals surface area contributed by atoms with Crippen molar-refractivity contribution in [2.24, 2.45) is 0 Å². The summed E-state index contributed by atoms with van der Waals surface area (Å²) in [6, 6.07) is 10.8. The van der Waals surface area contributed by atoms with E-state index < -0.39 is 5.76 Å². The minimum absolute atomic E-state index is 0.535. The number of aryl methyl sites for hydroxylation is 2. The Balaban J connectivity index is 1.59. The first kappa shape index (κ1) is 19.4. The fraction of sp³-hybridized carbons (Fsp3) is 0.227. The highest BCUT2D eigenvalue weighted by molar-refractivity contribution is 7.99. The zero-order valence-electron chi connectivity index (χ0n) is 15.9. The van der Waals surface area contributed by atoms with Gasteiger partial charge in [0.15, 0.2) is 5.82 Å². The number of nitrogens with zero attached hydrogens (tertiary/aromatic N) is 3. The van der Waals surface area contributed by atoms with Gasteiger partial charge in [-0.25, -0.2) is 9.97 Å². The number of fused-ring (bicyclic) bond motifs is 3. The third kappa shape index (κ3) is 3.89. The van der Waals surface area contributed by atoms with Crippen LogP contribution in [0, 0.1) is 0 Å². The van der Waals surface area contributed by atoms with Crippen LogP contribution in [-0.2, 0) is 12.8 Å². The summed E-state index contributed by atoms with van der Waals surface area (Å²) in [4.78, 5) is 16.8. The van der Waals surface area contributed by atoms with Crippen LogP contribution in [0.2, 0.25) is 0 Å². The summed E-state index contributed by atoms with van der Waals surface area (Å²) >= 11 is 2.29. The number of aromatic nitrogens is 3. The molecule has 1 aliphatic rings. The molecular formula is C22H18F2N4S2. The van der Waals surface area contributed by atoms with E-state index in [1.54, 1.807) is 48.0 Å². The highest BCUT2D eigenvalue weighted by atomic mass is 32.2. The van der Waals surface area contributed by atoms with E-state index >= 15 is 0 Å². The van der Waals surface area contributed by atoms with Crippen LogP contribution in [0.25, 0.3) is 21.6 Å². The van der Waals surface area contributed by atoms with E-state index in [1.807, 2.05) is 12.1 Å². The molecule has 152 valence electrons. The van der Waals surface area contributed by atoms with E-state index in [1.165, 1.54) is 23.3 Å². The van der Waals surface area contributed by atoms with Crippen LogP contribution in [0.4, 0.5) is 20.3 Å². The molecule has 1 N–H and O–H groups in total. The van der Waals surface area contributed by atoms with E-state index in [4.69, 9.17) is 9.97 Å². The lowest BCUT2D eigenvalue weighted by Crippen LogP contribution is -2.02. The van der Waals surface area contributed by atoms with Gasteiger partial charge >= 0.3 is 0 Å². The van der Waals surface area contributed by atoms with E-state index in [0.29, 0.717) is 22.5 Å². The SMILES string of the molecule is FC(F)Sc1ccc(Nc2nc(-c3cccnc3)nc3sc4c(c23)CCCC4)cc1. The number of pyridine rings is 1. The van der Waals surface area contributed by atoms with Gasteiger partial charge in [-0.1, -0.05) is 11.8 Å². The first-order chi connectivity index (χ1) is 14.7. The number of alkyl halides is 2. The molecule has 4 aromatic rings. The Bertz CT molecular complexity index is 1180. The van der Waals surface area contributed by atoms with Gasteiger partial charge in [-0.15, -0.1) is 11.3 Å². The molecule has 0 bridgehead atoms. The summed E-state index contributed by atoms with van der Waals surface area (Å²) in [5.41, 5.74) is 3.00. The van der Waals surface area contributed by atoms with Gasteiger partial charge in [-0.05, 0) is 67.6 Å². The number of rotatable bonds is 5. The first-order valence-electron chi connectivity index (χ1n) is 9.72. The normalized spacial score (nSPS) is 13.6. The van der Waals surface area contributed by atoms with E-state index in [9.17, 15) is 8.78 Å². The van der Waals surface area contributed by atoms with Gasteiger partial charge in [0, 0.05) is 33.4 Å². The minimum atomic E-state index is -2.43. The van der Waals surface area contributed by atoms with E-state index in [-0.39, 0.29) is 0 Å². The van der Waals surface area contributed by atoms with Crippen LogP contribution in [0.1, 0.15) is 23.3 Å². The Hall–Kier alpha value is -2.58. The number of benzene rings is 1. The summed E-state index contributed by atoms with van der Waals surface area (Å²) in [6.45, 7) is 0. The number of thiophene rings is 1. The molecule has 0 fully saturated rings. The van der Waals surface area contributed by atoms with E-state index in [2.05, 4.69) is 10.3 Å². The topological polar surface area (TPSA) is 50.7 Å². The molecule has 0 spiro atoms. The van der Waals surface area contributed by atoms with Crippen LogP contribution in [0.3, 0.4) is 0 Å². The third-order valence-electron chi connectivity index (χ3n) is 5.08. The Kier molecular flexibility index (Phi) is 5.35. The zero-order chi connectivity index (χ0) is 20.5.